The normalized spacial score (nSPS) is 11.7. The predicted octanol–water partition coefficient (Wildman–Crippen LogP) is 5.49. The van der Waals surface area contributed by atoms with Crippen LogP contribution in [0.5, 0.6) is 0 Å². The summed E-state index contributed by atoms with van der Waals surface area (Å²) in [6.45, 7) is 4.28. The molecule has 0 aliphatic heterocycles. The molecule has 0 saturated heterocycles. The van der Waals surface area contributed by atoms with Crippen molar-refractivity contribution in [1.82, 2.24) is 9.13 Å². The molecule has 176 valence electrons. The highest BCUT2D eigenvalue weighted by atomic mass is 15.1. The molecular formula is C29H36N5+. The summed E-state index contributed by atoms with van der Waals surface area (Å²) in [4.78, 5) is 4.37. The van der Waals surface area contributed by atoms with Crippen LogP contribution in [0.3, 0.4) is 0 Å². The van der Waals surface area contributed by atoms with Gasteiger partial charge in [0.1, 0.15) is 0 Å². The van der Waals surface area contributed by atoms with E-state index in [0.29, 0.717) is 0 Å². The Labute approximate surface area is 202 Å². The summed E-state index contributed by atoms with van der Waals surface area (Å²) < 4.78 is 7.28. The largest absolute Gasteiger partial charge is 0.378 e. The van der Waals surface area contributed by atoms with Gasteiger partial charge in [0.2, 0.25) is 0 Å². The van der Waals surface area contributed by atoms with Crippen molar-refractivity contribution in [3.63, 3.8) is 0 Å². The van der Waals surface area contributed by atoms with E-state index in [0.717, 1.165) is 25.9 Å². The summed E-state index contributed by atoms with van der Waals surface area (Å²) in [7, 11) is 10.6. The van der Waals surface area contributed by atoms with Crippen molar-refractivity contribution in [3.05, 3.63) is 66.5 Å². The van der Waals surface area contributed by atoms with Crippen LogP contribution in [0.1, 0.15) is 18.7 Å². The molecule has 0 spiro atoms. The minimum absolute atomic E-state index is 1.02. The maximum atomic E-state index is 2.52. The number of unbranched alkanes of at least 4 members (excludes halogenated alkanes) is 1. The number of imidazole rings is 1. The fourth-order valence-electron chi connectivity index (χ4n) is 5.21. The number of hydrogen-bond acceptors (Lipinski definition) is 2. The van der Waals surface area contributed by atoms with E-state index in [1.165, 1.54) is 50.0 Å². The third-order valence-corrected chi connectivity index (χ3v) is 7.29. The first-order valence-corrected chi connectivity index (χ1v) is 12.2. The number of benzene rings is 3. The molecule has 0 saturated carbocycles. The molecule has 0 amide bonds. The first kappa shape index (κ1) is 22.3. The summed E-state index contributed by atoms with van der Waals surface area (Å²) in [5, 5.41) is 2.67. The van der Waals surface area contributed by atoms with Crippen molar-refractivity contribution < 1.29 is 4.57 Å². The van der Waals surface area contributed by atoms with Crippen LogP contribution in [-0.4, -0.2) is 37.3 Å². The van der Waals surface area contributed by atoms with Gasteiger partial charge in [-0.05, 0) is 61.4 Å². The Balaban J connectivity index is 1.45. The molecule has 5 nitrogen and oxygen atoms in total. The van der Waals surface area contributed by atoms with Gasteiger partial charge < -0.3 is 14.4 Å². The Bertz CT molecular complexity index is 1420. The molecule has 0 atom stereocenters. The van der Waals surface area contributed by atoms with Crippen molar-refractivity contribution in [2.24, 2.45) is 7.05 Å². The van der Waals surface area contributed by atoms with Crippen LogP contribution in [0.4, 0.5) is 11.4 Å². The number of rotatable bonds is 7. The first-order chi connectivity index (χ1) is 16.4. The summed E-state index contributed by atoms with van der Waals surface area (Å²) >= 11 is 0. The molecule has 2 heterocycles. The number of aromatic nitrogens is 3. The fraction of sp³-hybridized carbons (Fsp3) is 0.345. The van der Waals surface area contributed by atoms with E-state index in [1.54, 1.807) is 0 Å². The maximum absolute atomic E-state index is 2.52. The van der Waals surface area contributed by atoms with Crippen LogP contribution in [-0.2, 0) is 20.1 Å². The van der Waals surface area contributed by atoms with E-state index in [9.17, 15) is 0 Å². The van der Waals surface area contributed by atoms with Crippen LogP contribution in [0.25, 0.3) is 32.8 Å². The molecule has 5 aromatic rings. The molecule has 2 aromatic heterocycles. The van der Waals surface area contributed by atoms with Gasteiger partial charge in [-0.25, -0.2) is 9.13 Å². The molecule has 0 aliphatic rings. The molecule has 0 bridgehead atoms. The maximum Gasteiger partial charge on any atom is 0.253 e. The number of hydrogen-bond donors (Lipinski definition) is 0. The predicted molar refractivity (Wildman–Crippen MR) is 145 cm³/mol. The average Bonchev–Trinajstić information content (AvgIpc) is 3.27. The van der Waals surface area contributed by atoms with Gasteiger partial charge in [0.05, 0.1) is 13.6 Å². The molecule has 0 radical (unpaired) electrons. The lowest BCUT2D eigenvalue weighted by atomic mass is 10.1. The number of fused-ring (bicyclic) bond motifs is 4. The topological polar surface area (TPSA) is 20.2 Å². The van der Waals surface area contributed by atoms with Crippen LogP contribution < -0.4 is 14.4 Å². The molecule has 0 N–H and O–H groups in total. The van der Waals surface area contributed by atoms with Crippen molar-refractivity contribution >= 4 is 44.2 Å². The molecular weight excluding hydrogens is 418 g/mol. The molecule has 0 unspecified atom stereocenters. The van der Waals surface area contributed by atoms with E-state index in [2.05, 4.69) is 126 Å². The van der Waals surface area contributed by atoms with Crippen molar-refractivity contribution in [1.29, 1.82) is 0 Å². The van der Waals surface area contributed by atoms with Gasteiger partial charge in [-0.15, -0.1) is 0 Å². The summed E-state index contributed by atoms with van der Waals surface area (Å²) in [5.41, 5.74) is 7.76. The zero-order valence-electron chi connectivity index (χ0n) is 21.3. The molecule has 5 heteroatoms. The van der Waals surface area contributed by atoms with Crippen molar-refractivity contribution in [2.45, 2.75) is 32.9 Å². The van der Waals surface area contributed by atoms with Crippen LogP contribution in [0.2, 0.25) is 0 Å². The van der Waals surface area contributed by atoms with Crippen LogP contribution >= 0.6 is 0 Å². The minimum atomic E-state index is 1.02. The zero-order valence-corrected chi connectivity index (χ0v) is 21.3. The lowest BCUT2D eigenvalue weighted by Gasteiger charge is -2.13. The van der Waals surface area contributed by atoms with Crippen molar-refractivity contribution in [3.8, 4) is 0 Å². The third-order valence-electron chi connectivity index (χ3n) is 7.29. The van der Waals surface area contributed by atoms with E-state index in [-0.39, 0.29) is 0 Å². The van der Waals surface area contributed by atoms with Gasteiger partial charge in [0, 0.05) is 74.8 Å². The van der Waals surface area contributed by atoms with E-state index in [1.807, 2.05) is 0 Å². The Hall–Kier alpha value is -3.47. The van der Waals surface area contributed by atoms with Gasteiger partial charge in [0.15, 0.2) is 11.0 Å². The minimum Gasteiger partial charge on any atom is -0.378 e. The van der Waals surface area contributed by atoms with Crippen LogP contribution in [0, 0.1) is 6.92 Å². The highest BCUT2D eigenvalue weighted by Crippen LogP contribution is 2.34. The molecule has 0 aliphatic carbocycles. The monoisotopic (exact) mass is 454 g/mol. The highest BCUT2D eigenvalue weighted by molar-refractivity contribution is 6.10. The third kappa shape index (κ3) is 3.69. The summed E-state index contributed by atoms with van der Waals surface area (Å²) in [6, 6.07) is 22.4. The van der Waals surface area contributed by atoms with E-state index >= 15 is 0 Å². The summed E-state index contributed by atoms with van der Waals surface area (Å²) in [5.74, 6) is 1.31. The van der Waals surface area contributed by atoms with Gasteiger partial charge in [-0.3, -0.25) is 0 Å². The standard InChI is InChI=1S/C29H36N5/c1-21-32(6)28-11-7-8-12-29(28)33(21)17-9-10-18-34-26-15-13-22(30(2)3)19-24(26)25-20-23(31(4)5)14-16-27(25)34/h7-8,11-16,19-20H,9-10,17-18H2,1-6H3/q+1. The second-order valence-corrected chi connectivity index (χ2v) is 9.80. The smallest absolute Gasteiger partial charge is 0.253 e. The van der Waals surface area contributed by atoms with Crippen LogP contribution in [0.15, 0.2) is 60.7 Å². The molecule has 0 fully saturated rings. The quantitative estimate of drug-likeness (QED) is 0.239. The molecule has 34 heavy (non-hydrogen) atoms. The van der Waals surface area contributed by atoms with Gasteiger partial charge >= 0.3 is 0 Å². The van der Waals surface area contributed by atoms with Crippen molar-refractivity contribution in [2.75, 3.05) is 38.0 Å². The first-order valence-electron chi connectivity index (χ1n) is 12.2. The SMILES string of the molecule is Cc1n(CCCCn2c3ccc(N(C)C)cc3c3cc(N(C)C)ccc32)c2ccccc2[n+]1C. The fourth-order valence-corrected chi connectivity index (χ4v) is 5.21. The molecule has 5 rings (SSSR count). The van der Waals surface area contributed by atoms with E-state index < -0.39 is 0 Å². The summed E-state index contributed by atoms with van der Waals surface area (Å²) in [6.07, 6.45) is 2.28. The zero-order chi connectivity index (χ0) is 24.0. The second-order valence-electron chi connectivity index (χ2n) is 9.80. The number of para-hydroxylation sites is 2. The second kappa shape index (κ2) is 8.71. The van der Waals surface area contributed by atoms with E-state index in [4.69, 9.17) is 0 Å². The number of aryl methyl sites for hydroxylation is 3. The number of nitrogens with zero attached hydrogens (tertiary/aromatic N) is 5. The Morgan fingerprint density at radius 1 is 0.676 bits per heavy atom. The lowest BCUT2D eigenvalue weighted by molar-refractivity contribution is -0.652. The van der Waals surface area contributed by atoms with Gasteiger partial charge in [-0.2, -0.15) is 0 Å². The Morgan fingerprint density at radius 2 is 1.21 bits per heavy atom. The molecule has 3 aromatic carbocycles. The average molecular weight is 455 g/mol. The highest BCUT2D eigenvalue weighted by Gasteiger charge is 2.18. The Kier molecular flexibility index (Phi) is 5.72. The lowest BCUT2D eigenvalue weighted by Crippen LogP contribution is -2.30. The van der Waals surface area contributed by atoms with Gasteiger partial charge in [-0.1, -0.05) is 12.1 Å². The number of anilines is 2. The Morgan fingerprint density at radius 3 is 1.76 bits per heavy atom. The van der Waals surface area contributed by atoms with Gasteiger partial charge in [0.25, 0.3) is 5.82 Å².